The Bertz CT molecular complexity index is 754. The third-order valence-electron chi connectivity index (χ3n) is 4.53. The van der Waals surface area contributed by atoms with Crippen molar-refractivity contribution in [3.63, 3.8) is 0 Å². The van der Waals surface area contributed by atoms with E-state index in [-0.39, 0.29) is 11.9 Å². The van der Waals surface area contributed by atoms with Crippen molar-refractivity contribution in [2.75, 3.05) is 33.8 Å². The summed E-state index contributed by atoms with van der Waals surface area (Å²) in [6.07, 6.45) is 1.13. The van der Waals surface area contributed by atoms with Gasteiger partial charge in [0, 0.05) is 24.2 Å². The second-order valence-electron chi connectivity index (χ2n) is 6.36. The number of carbonyl (C=O) groups is 2. The predicted molar refractivity (Wildman–Crippen MR) is 99.0 cm³/mol. The minimum atomic E-state index is -0.339. The predicted octanol–water partition coefficient (Wildman–Crippen LogP) is 2.88. The minimum Gasteiger partial charge on any atom is -0.465 e. The average Bonchev–Trinajstić information content (AvgIpc) is 3.28. The molecule has 0 unspecified atom stereocenters. The fraction of sp³-hybridized carbons (Fsp3) is 0.368. The van der Waals surface area contributed by atoms with Gasteiger partial charge in [-0.25, -0.2) is 4.79 Å². The molecule has 0 bridgehead atoms. The first-order valence-electron chi connectivity index (χ1n) is 8.31. The van der Waals surface area contributed by atoms with Crippen LogP contribution in [0.1, 0.15) is 26.5 Å². The van der Waals surface area contributed by atoms with Crippen molar-refractivity contribution in [1.82, 2.24) is 10.2 Å². The molecule has 0 aliphatic carbocycles. The number of esters is 1. The molecule has 5 nitrogen and oxygen atoms in total. The van der Waals surface area contributed by atoms with Gasteiger partial charge in [-0.2, -0.15) is 0 Å². The lowest BCUT2D eigenvalue weighted by molar-refractivity contribution is 0.0607. The Balaban J connectivity index is 1.65. The molecule has 0 saturated carbocycles. The Morgan fingerprint density at radius 1 is 1.28 bits per heavy atom. The summed E-state index contributed by atoms with van der Waals surface area (Å²) in [6.45, 7) is 2.84. The summed E-state index contributed by atoms with van der Waals surface area (Å²) in [6, 6.07) is 9.22. The van der Waals surface area contributed by atoms with E-state index in [0.29, 0.717) is 22.9 Å². The fourth-order valence-corrected chi connectivity index (χ4v) is 3.95. The van der Waals surface area contributed by atoms with Crippen molar-refractivity contribution in [2.24, 2.45) is 5.92 Å². The van der Waals surface area contributed by atoms with Crippen molar-refractivity contribution in [3.8, 4) is 11.1 Å². The van der Waals surface area contributed by atoms with Crippen LogP contribution in [-0.4, -0.2) is 50.6 Å². The molecule has 2 aromatic rings. The molecule has 1 aliphatic rings. The first-order valence-corrected chi connectivity index (χ1v) is 9.19. The number of benzene rings is 1. The second kappa shape index (κ2) is 7.80. The van der Waals surface area contributed by atoms with Crippen LogP contribution in [0.2, 0.25) is 0 Å². The van der Waals surface area contributed by atoms with Crippen LogP contribution in [0, 0.1) is 5.92 Å². The number of hydrogen-bond acceptors (Lipinski definition) is 5. The molecule has 25 heavy (non-hydrogen) atoms. The third-order valence-corrected chi connectivity index (χ3v) is 5.43. The summed E-state index contributed by atoms with van der Waals surface area (Å²) < 4.78 is 4.81. The molecular weight excluding hydrogens is 336 g/mol. The first-order chi connectivity index (χ1) is 12.1. The molecule has 0 spiro atoms. The van der Waals surface area contributed by atoms with Crippen LogP contribution in [-0.2, 0) is 4.74 Å². The molecule has 132 valence electrons. The lowest BCUT2D eigenvalue weighted by atomic mass is 10.0. The number of nitrogens with zero attached hydrogens (tertiary/aromatic N) is 1. The number of carbonyl (C=O) groups excluding carboxylic acids is 2. The molecule has 1 amide bonds. The summed E-state index contributed by atoms with van der Waals surface area (Å²) in [5, 5.41) is 4.88. The topological polar surface area (TPSA) is 58.6 Å². The van der Waals surface area contributed by atoms with Gasteiger partial charge in [0.25, 0.3) is 5.91 Å². The maximum Gasteiger partial charge on any atom is 0.348 e. The van der Waals surface area contributed by atoms with Crippen molar-refractivity contribution < 1.29 is 14.3 Å². The highest BCUT2D eigenvalue weighted by atomic mass is 32.1. The van der Waals surface area contributed by atoms with Gasteiger partial charge in [-0.15, -0.1) is 11.3 Å². The zero-order valence-corrected chi connectivity index (χ0v) is 15.3. The molecule has 2 heterocycles. The Kier molecular flexibility index (Phi) is 5.50. The van der Waals surface area contributed by atoms with Crippen molar-refractivity contribution in [3.05, 3.63) is 46.2 Å². The lowest BCUT2D eigenvalue weighted by Crippen LogP contribution is -2.30. The van der Waals surface area contributed by atoms with Crippen LogP contribution in [0.25, 0.3) is 11.1 Å². The van der Waals surface area contributed by atoms with E-state index in [9.17, 15) is 9.59 Å². The fourth-order valence-electron chi connectivity index (χ4n) is 3.12. The molecule has 3 rings (SSSR count). The number of amides is 1. The molecule has 1 aliphatic heterocycles. The second-order valence-corrected chi connectivity index (χ2v) is 7.28. The Morgan fingerprint density at radius 3 is 2.68 bits per heavy atom. The largest absolute Gasteiger partial charge is 0.465 e. The van der Waals surface area contributed by atoms with Gasteiger partial charge in [0.15, 0.2) is 0 Å². The van der Waals surface area contributed by atoms with E-state index in [1.54, 1.807) is 12.1 Å². The molecular formula is C19H22N2O3S. The number of methoxy groups -OCH3 is 1. The highest BCUT2D eigenvalue weighted by Crippen LogP contribution is 2.29. The molecule has 1 aromatic carbocycles. The molecule has 1 N–H and O–H groups in total. The zero-order chi connectivity index (χ0) is 17.8. The van der Waals surface area contributed by atoms with E-state index < -0.39 is 0 Å². The molecule has 1 fully saturated rings. The van der Waals surface area contributed by atoms with E-state index in [2.05, 4.69) is 17.3 Å². The van der Waals surface area contributed by atoms with Crippen molar-refractivity contribution in [1.29, 1.82) is 0 Å². The summed E-state index contributed by atoms with van der Waals surface area (Å²) in [5.41, 5.74) is 2.36. The highest BCUT2D eigenvalue weighted by molar-refractivity contribution is 7.12. The summed E-state index contributed by atoms with van der Waals surface area (Å²) in [4.78, 5) is 27.0. The van der Waals surface area contributed by atoms with Gasteiger partial charge >= 0.3 is 5.97 Å². The Hall–Kier alpha value is -2.18. The Labute approximate surface area is 151 Å². The third kappa shape index (κ3) is 4.08. The van der Waals surface area contributed by atoms with Gasteiger partial charge in [0.2, 0.25) is 0 Å². The van der Waals surface area contributed by atoms with Crippen LogP contribution in [0.5, 0.6) is 0 Å². The maximum absolute atomic E-state index is 12.3. The van der Waals surface area contributed by atoms with Gasteiger partial charge in [-0.05, 0) is 55.1 Å². The van der Waals surface area contributed by atoms with Crippen LogP contribution in [0.4, 0.5) is 0 Å². The molecule has 0 radical (unpaired) electrons. The van der Waals surface area contributed by atoms with E-state index >= 15 is 0 Å². The monoisotopic (exact) mass is 358 g/mol. The van der Waals surface area contributed by atoms with E-state index in [4.69, 9.17) is 4.74 Å². The van der Waals surface area contributed by atoms with Gasteiger partial charge in [-0.3, -0.25) is 4.79 Å². The van der Waals surface area contributed by atoms with Gasteiger partial charge in [0.05, 0.1) is 7.11 Å². The van der Waals surface area contributed by atoms with Gasteiger partial charge in [0.1, 0.15) is 4.88 Å². The standard InChI is InChI=1S/C19H22N2O3S/c1-21-9-7-13(12-21)11-20-18(22)15-5-3-14(4-6-15)16-8-10-25-17(16)19(23)24-2/h3-6,8,10,13H,7,9,11-12H2,1-2H3,(H,20,22)/t13-/m0/s1. The highest BCUT2D eigenvalue weighted by Gasteiger charge is 2.20. The number of ether oxygens (including phenoxy) is 1. The van der Waals surface area contributed by atoms with Crippen LogP contribution >= 0.6 is 11.3 Å². The molecule has 6 heteroatoms. The summed E-state index contributed by atoms with van der Waals surface area (Å²) in [5.74, 6) is 0.134. The summed E-state index contributed by atoms with van der Waals surface area (Å²) >= 11 is 1.35. The van der Waals surface area contributed by atoms with Crippen LogP contribution < -0.4 is 5.32 Å². The smallest absolute Gasteiger partial charge is 0.348 e. The molecule has 1 aromatic heterocycles. The SMILES string of the molecule is COC(=O)c1sccc1-c1ccc(C(=O)NC[C@@H]2CCN(C)C2)cc1. The zero-order valence-electron chi connectivity index (χ0n) is 14.5. The number of thiophene rings is 1. The normalized spacial score (nSPS) is 17.4. The summed E-state index contributed by atoms with van der Waals surface area (Å²) in [7, 11) is 3.48. The van der Waals surface area contributed by atoms with Crippen molar-refractivity contribution in [2.45, 2.75) is 6.42 Å². The first kappa shape index (κ1) is 17.6. The number of hydrogen-bond donors (Lipinski definition) is 1. The van der Waals surface area contributed by atoms with E-state index in [1.165, 1.54) is 18.4 Å². The quantitative estimate of drug-likeness (QED) is 0.835. The van der Waals surface area contributed by atoms with E-state index in [0.717, 1.165) is 30.6 Å². The molecule has 1 atom stereocenters. The van der Waals surface area contributed by atoms with Crippen molar-refractivity contribution >= 4 is 23.2 Å². The Morgan fingerprint density at radius 2 is 2.04 bits per heavy atom. The molecule has 1 saturated heterocycles. The van der Waals surface area contributed by atoms with Crippen LogP contribution in [0.15, 0.2) is 35.7 Å². The number of rotatable bonds is 5. The number of likely N-dealkylation sites (tertiary alicyclic amines) is 1. The maximum atomic E-state index is 12.3. The lowest BCUT2D eigenvalue weighted by Gasteiger charge is -2.12. The van der Waals surface area contributed by atoms with Gasteiger partial charge in [-0.1, -0.05) is 12.1 Å². The van der Waals surface area contributed by atoms with E-state index in [1.807, 2.05) is 23.6 Å². The number of nitrogens with one attached hydrogen (secondary N) is 1. The average molecular weight is 358 g/mol. The van der Waals surface area contributed by atoms with Gasteiger partial charge < -0.3 is 15.0 Å². The van der Waals surface area contributed by atoms with Crippen LogP contribution in [0.3, 0.4) is 0 Å². The minimum absolute atomic E-state index is 0.0559.